The molecule has 0 aliphatic heterocycles. The number of aromatic nitrogens is 4. The second-order valence-corrected chi connectivity index (χ2v) is 6.80. The number of carboxylic acid groups (broad SMARTS) is 1. The van der Waals surface area contributed by atoms with Crippen LogP contribution >= 0.6 is 0 Å². The summed E-state index contributed by atoms with van der Waals surface area (Å²) < 4.78 is 30.1. The highest BCUT2D eigenvalue weighted by atomic mass is 19.1. The van der Waals surface area contributed by atoms with Gasteiger partial charge in [0, 0.05) is 17.1 Å². The van der Waals surface area contributed by atoms with Gasteiger partial charge in [-0.05, 0) is 12.1 Å². The van der Waals surface area contributed by atoms with Crippen molar-refractivity contribution >= 4 is 28.6 Å². The van der Waals surface area contributed by atoms with Crippen molar-refractivity contribution in [3.63, 3.8) is 0 Å². The zero-order chi connectivity index (χ0) is 22.8. The summed E-state index contributed by atoms with van der Waals surface area (Å²) in [6.45, 7) is -0.625. The lowest BCUT2D eigenvalue weighted by atomic mass is 10.1. The van der Waals surface area contributed by atoms with Crippen molar-refractivity contribution in [2.45, 2.75) is 6.54 Å². The summed E-state index contributed by atoms with van der Waals surface area (Å²) in [5.41, 5.74) is 6.41. The van der Waals surface area contributed by atoms with E-state index in [2.05, 4.69) is 20.4 Å². The van der Waals surface area contributed by atoms with Gasteiger partial charge in [-0.2, -0.15) is 5.10 Å². The van der Waals surface area contributed by atoms with Gasteiger partial charge in [0.05, 0.1) is 12.1 Å². The molecule has 32 heavy (non-hydrogen) atoms. The maximum absolute atomic E-state index is 14.7. The smallest absolute Gasteiger partial charge is 0.322 e. The first-order chi connectivity index (χ1) is 15.3. The number of hydrogen-bond donors (Lipinski definition) is 3. The van der Waals surface area contributed by atoms with Crippen molar-refractivity contribution < 1.29 is 23.5 Å². The van der Waals surface area contributed by atoms with E-state index in [1.165, 1.54) is 22.9 Å². The molecule has 4 rings (SSSR count). The van der Waals surface area contributed by atoms with Gasteiger partial charge in [0.25, 0.3) is 5.91 Å². The fourth-order valence-corrected chi connectivity index (χ4v) is 3.20. The van der Waals surface area contributed by atoms with Crippen LogP contribution in [0.5, 0.6) is 0 Å². The number of nitrogens with two attached hydrogens (primary N) is 1. The van der Waals surface area contributed by atoms with Crippen LogP contribution in [0.3, 0.4) is 0 Å². The fourth-order valence-electron chi connectivity index (χ4n) is 3.20. The first-order valence-electron chi connectivity index (χ1n) is 9.36. The molecule has 2 aromatic heterocycles. The van der Waals surface area contributed by atoms with Crippen LogP contribution < -0.4 is 11.1 Å². The number of nitrogens with zero attached hydrogens (tertiary/aromatic N) is 4. The summed E-state index contributed by atoms with van der Waals surface area (Å²) in [7, 11) is 0. The molecule has 0 bridgehead atoms. The second-order valence-electron chi connectivity index (χ2n) is 6.80. The van der Waals surface area contributed by atoms with E-state index in [9.17, 15) is 18.4 Å². The molecule has 0 spiro atoms. The molecule has 11 heteroatoms. The van der Waals surface area contributed by atoms with Gasteiger partial charge >= 0.3 is 5.97 Å². The second kappa shape index (κ2) is 8.38. The highest BCUT2D eigenvalue weighted by molar-refractivity contribution is 6.00. The Balaban J connectivity index is 1.76. The van der Waals surface area contributed by atoms with Crippen molar-refractivity contribution in [1.29, 1.82) is 0 Å². The van der Waals surface area contributed by atoms with Gasteiger partial charge in [-0.25, -0.2) is 18.7 Å². The lowest BCUT2D eigenvalue weighted by molar-refractivity contribution is -0.135. The first kappa shape index (κ1) is 20.8. The van der Waals surface area contributed by atoms with Crippen molar-refractivity contribution in [1.82, 2.24) is 25.1 Å². The molecule has 2 aromatic carbocycles. The summed E-state index contributed by atoms with van der Waals surface area (Å²) >= 11 is 0. The normalized spacial score (nSPS) is 10.9. The highest BCUT2D eigenvalue weighted by Gasteiger charge is 2.20. The number of aliphatic carboxylic acids is 1. The summed E-state index contributed by atoms with van der Waals surface area (Å²) in [5.74, 6) is -3.16. The molecule has 4 N–H and O–H groups in total. The predicted molar refractivity (Wildman–Crippen MR) is 111 cm³/mol. The summed E-state index contributed by atoms with van der Waals surface area (Å²) in [6, 6.07) is 10.5. The zero-order valence-corrected chi connectivity index (χ0v) is 16.4. The first-order valence-corrected chi connectivity index (χ1v) is 9.36. The van der Waals surface area contributed by atoms with Gasteiger partial charge in [0.15, 0.2) is 5.82 Å². The van der Waals surface area contributed by atoms with E-state index in [0.717, 1.165) is 6.20 Å². The topological polar surface area (TPSA) is 136 Å². The number of halogens is 2. The van der Waals surface area contributed by atoms with Crippen LogP contribution in [0.2, 0.25) is 0 Å². The SMILES string of the molecule is Nc1nc(-c2nn(Cc3ccccc3F)c3c(F)cccc23)ncc1C(=O)NCC(=O)O. The molecular formula is C21H16F2N6O3. The number of anilines is 1. The van der Waals surface area contributed by atoms with Crippen LogP contribution in [0.1, 0.15) is 15.9 Å². The molecule has 0 fully saturated rings. The molecule has 0 saturated carbocycles. The monoisotopic (exact) mass is 438 g/mol. The minimum absolute atomic E-state index is 0.0279. The quantitative estimate of drug-likeness (QED) is 0.420. The Morgan fingerprint density at radius 3 is 2.56 bits per heavy atom. The van der Waals surface area contributed by atoms with Crippen molar-refractivity contribution in [3.8, 4) is 11.5 Å². The summed E-state index contributed by atoms with van der Waals surface area (Å²) in [4.78, 5) is 30.9. The Kier molecular flexibility index (Phi) is 5.46. The Morgan fingerprint density at radius 1 is 1.09 bits per heavy atom. The number of carboxylic acids is 1. The van der Waals surface area contributed by atoms with E-state index in [1.807, 2.05) is 0 Å². The van der Waals surface area contributed by atoms with E-state index < -0.39 is 30.1 Å². The summed E-state index contributed by atoms with van der Waals surface area (Å²) in [5, 5.41) is 15.6. The third-order valence-corrected chi connectivity index (χ3v) is 4.67. The van der Waals surface area contributed by atoms with E-state index >= 15 is 0 Å². The summed E-state index contributed by atoms with van der Waals surface area (Å²) in [6.07, 6.45) is 1.13. The maximum Gasteiger partial charge on any atom is 0.322 e. The number of carbonyl (C=O) groups excluding carboxylic acids is 1. The largest absolute Gasteiger partial charge is 0.480 e. The van der Waals surface area contributed by atoms with E-state index in [0.29, 0.717) is 10.9 Å². The molecule has 0 atom stereocenters. The molecule has 0 unspecified atom stereocenters. The average molecular weight is 438 g/mol. The number of nitrogens with one attached hydrogen (secondary N) is 1. The number of carbonyl (C=O) groups is 2. The van der Waals surface area contributed by atoms with Gasteiger partial charge in [0.2, 0.25) is 0 Å². The standard InChI is InChI=1S/C21H16F2N6O3/c22-14-6-2-1-4-11(14)10-29-18-12(5-3-7-15(18)23)17(28-29)20-25-8-13(19(24)27-20)21(32)26-9-16(30)31/h1-8H,9-10H2,(H,26,32)(H,30,31)(H2,24,25,27). The number of fused-ring (bicyclic) bond motifs is 1. The number of amides is 1. The fraction of sp³-hybridized carbons (Fsp3) is 0.0952. The van der Waals surface area contributed by atoms with E-state index in [1.54, 1.807) is 24.3 Å². The Bertz CT molecular complexity index is 1350. The maximum atomic E-state index is 14.7. The zero-order valence-electron chi connectivity index (χ0n) is 16.4. The van der Waals surface area contributed by atoms with Gasteiger partial charge in [-0.15, -0.1) is 0 Å². The van der Waals surface area contributed by atoms with Crippen molar-refractivity contribution in [2.24, 2.45) is 0 Å². The van der Waals surface area contributed by atoms with E-state index in [4.69, 9.17) is 10.8 Å². The van der Waals surface area contributed by atoms with Gasteiger partial charge in [-0.3, -0.25) is 14.3 Å². The van der Waals surface area contributed by atoms with Gasteiger partial charge < -0.3 is 16.2 Å². The van der Waals surface area contributed by atoms with E-state index in [-0.39, 0.29) is 35.0 Å². The van der Waals surface area contributed by atoms with Crippen LogP contribution in [0, 0.1) is 11.6 Å². The third-order valence-electron chi connectivity index (χ3n) is 4.67. The molecule has 0 radical (unpaired) electrons. The third kappa shape index (κ3) is 3.95. The Hall–Kier alpha value is -4.41. The Labute approximate surface area is 179 Å². The van der Waals surface area contributed by atoms with Crippen molar-refractivity contribution in [2.75, 3.05) is 12.3 Å². The van der Waals surface area contributed by atoms with Gasteiger partial charge in [-0.1, -0.05) is 30.3 Å². The van der Waals surface area contributed by atoms with Gasteiger partial charge in [0.1, 0.15) is 35.2 Å². The molecule has 1 amide bonds. The van der Waals surface area contributed by atoms with Crippen LogP contribution in [0.15, 0.2) is 48.7 Å². The lowest BCUT2D eigenvalue weighted by Crippen LogP contribution is -2.30. The number of hydrogen-bond acceptors (Lipinski definition) is 6. The minimum atomic E-state index is -1.22. The number of benzene rings is 2. The molecule has 0 saturated heterocycles. The molecule has 9 nitrogen and oxygen atoms in total. The molecule has 2 heterocycles. The predicted octanol–water partition coefficient (Wildman–Crippen LogP) is 2.22. The molecule has 4 aromatic rings. The molecule has 0 aliphatic rings. The average Bonchev–Trinajstić information content (AvgIpc) is 3.13. The number of nitrogen functional groups attached to an aromatic ring is 1. The molecule has 0 aliphatic carbocycles. The van der Waals surface area contributed by atoms with Crippen LogP contribution in [0.4, 0.5) is 14.6 Å². The van der Waals surface area contributed by atoms with Crippen molar-refractivity contribution in [3.05, 3.63) is 71.4 Å². The minimum Gasteiger partial charge on any atom is -0.480 e. The lowest BCUT2D eigenvalue weighted by Gasteiger charge is -2.06. The van der Waals surface area contributed by atoms with Crippen LogP contribution in [-0.2, 0) is 11.3 Å². The number of rotatable bonds is 6. The van der Waals surface area contributed by atoms with Crippen LogP contribution in [-0.4, -0.2) is 43.3 Å². The highest BCUT2D eigenvalue weighted by Crippen LogP contribution is 2.29. The molecular weight excluding hydrogens is 422 g/mol. The number of para-hydroxylation sites is 1. The molecule has 162 valence electrons. The Morgan fingerprint density at radius 2 is 1.84 bits per heavy atom. The van der Waals surface area contributed by atoms with Crippen LogP contribution in [0.25, 0.3) is 22.4 Å².